The van der Waals surface area contributed by atoms with Crippen LogP contribution in [0.25, 0.3) is 0 Å². The highest BCUT2D eigenvalue weighted by atomic mass is 127. The third-order valence-corrected chi connectivity index (χ3v) is 4.32. The molecule has 0 saturated carbocycles. The Labute approximate surface area is 176 Å². The van der Waals surface area contributed by atoms with Crippen LogP contribution in [0.5, 0.6) is 0 Å². The predicted octanol–water partition coefficient (Wildman–Crippen LogP) is 2.26. The van der Waals surface area contributed by atoms with Gasteiger partial charge in [0.05, 0.1) is 6.26 Å². The second kappa shape index (κ2) is 10.9. The van der Waals surface area contributed by atoms with Crippen molar-refractivity contribution in [2.24, 2.45) is 4.99 Å². The highest BCUT2D eigenvalue weighted by molar-refractivity contribution is 14.0. The first kappa shape index (κ1) is 21.2. The van der Waals surface area contributed by atoms with Crippen LogP contribution in [0.1, 0.15) is 23.0 Å². The van der Waals surface area contributed by atoms with Gasteiger partial charge in [0.1, 0.15) is 0 Å². The van der Waals surface area contributed by atoms with Gasteiger partial charge in [0.25, 0.3) is 5.91 Å². The van der Waals surface area contributed by atoms with Crippen molar-refractivity contribution >= 4 is 35.8 Å². The van der Waals surface area contributed by atoms with Gasteiger partial charge >= 0.3 is 0 Å². The average Bonchev–Trinajstić information content (AvgIpc) is 3.23. The number of carbonyl (C=O) groups excluding carboxylic acids is 1. The normalized spacial score (nSPS) is 14.6. The number of furan rings is 1. The Morgan fingerprint density at radius 3 is 2.63 bits per heavy atom. The standard InChI is InChI=1S/C19H25N5O2.HI/c1-2-21-19(22-9-7-16-5-3-8-20-15-16)24-12-10-23(11-13-24)18(25)17-6-4-14-26-17;/h3-6,8,14-15H,2,7,9-13H2,1H3,(H,21,22);1H. The van der Waals surface area contributed by atoms with Crippen LogP contribution in [0.3, 0.4) is 0 Å². The van der Waals surface area contributed by atoms with Crippen LogP contribution in [0, 0.1) is 0 Å². The van der Waals surface area contributed by atoms with Crippen molar-refractivity contribution in [3.63, 3.8) is 0 Å². The first-order valence-electron chi connectivity index (χ1n) is 9.03. The number of hydrogen-bond donors (Lipinski definition) is 1. The SMILES string of the molecule is CCNC(=NCCc1cccnc1)N1CCN(C(=O)c2ccco2)CC1.I. The van der Waals surface area contributed by atoms with Gasteiger partial charge in [-0.05, 0) is 37.1 Å². The molecule has 1 N–H and O–H groups in total. The summed E-state index contributed by atoms with van der Waals surface area (Å²) in [6.45, 7) is 6.42. The summed E-state index contributed by atoms with van der Waals surface area (Å²) in [5, 5.41) is 3.35. The van der Waals surface area contributed by atoms with E-state index in [1.807, 2.05) is 17.2 Å². The predicted molar refractivity (Wildman–Crippen MR) is 116 cm³/mol. The number of amides is 1. The topological polar surface area (TPSA) is 74.0 Å². The number of halogens is 1. The molecule has 1 amide bonds. The number of aromatic nitrogens is 1. The maximum Gasteiger partial charge on any atom is 0.289 e. The summed E-state index contributed by atoms with van der Waals surface area (Å²) in [4.78, 5) is 25.3. The zero-order valence-corrected chi connectivity index (χ0v) is 17.8. The molecule has 0 unspecified atom stereocenters. The first-order valence-corrected chi connectivity index (χ1v) is 9.03. The third kappa shape index (κ3) is 5.95. The lowest BCUT2D eigenvalue weighted by atomic mass is 10.2. The van der Waals surface area contributed by atoms with E-state index < -0.39 is 0 Å². The number of guanidine groups is 1. The molecule has 0 aromatic carbocycles. The average molecular weight is 483 g/mol. The summed E-state index contributed by atoms with van der Waals surface area (Å²) < 4.78 is 5.21. The maximum atomic E-state index is 12.4. The molecule has 2 aromatic rings. The molecule has 0 atom stereocenters. The van der Waals surface area contributed by atoms with Gasteiger partial charge in [-0.2, -0.15) is 0 Å². The van der Waals surface area contributed by atoms with E-state index in [0.717, 1.165) is 32.0 Å². The van der Waals surface area contributed by atoms with Crippen molar-refractivity contribution in [1.29, 1.82) is 0 Å². The lowest BCUT2D eigenvalue weighted by molar-refractivity contribution is 0.0657. The number of pyridine rings is 1. The zero-order valence-electron chi connectivity index (χ0n) is 15.5. The summed E-state index contributed by atoms with van der Waals surface area (Å²) in [5.74, 6) is 1.25. The molecule has 1 saturated heterocycles. The molecular formula is C19H26IN5O2. The minimum Gasteiger partial charge on any atom is -0.459 e. The van der Waals surface area contributed by atoms with Gasteiger partial charge in [-0.3, -0.25) is 14.8 Å². The Morgan fingerprint density at radius 1 is 1.22 bits per heavy atom. The van der Waals surface area contributed by atoms with E-state index in [4.69, 9.17) is 9.41 Å². The van der Waals surface area contributed by atoms with Crippen molar-refractivity contribution in [1.82, 2.24) is 20.1 Å². The van der Waals surface area contributed by atoms with Crippen LogP contribution < -0.4 is 5.32 Å². The van der Waals surface area contributed by atoms with Gasteiger partial charge in [-0.25, -0.2) is 0 Å². The van der Waals surface area contributed by atoms with Crippen LogP contribution in [-0.2, 0) is 6.42 Å². The molecule has 0 radical (unpaired) electrons. The maximum absolute atomic E-state index is 12.4. The molecule has 7 nitrogen and oxygen atoms in total. The fourth-order valence-electron chi connectivity index (χ4n) is 2.94. The molecular weight excluding hydrogens is 457 g/mol. The Hall–Kier alpha value is -2.10. The van der Waals surface area contributed by atoms with E-state index in [2.05, 4.69) is 28.2 Å². The van der Waals surface area contributed by atoms with Crippen LogP contribution in [-0.4, -0.2) is 65.9 Å². The Balaban J connectivity index is 0.00000261. The highest BCUT2D eigenvalue weighted by Crippen LogP contribution is 2.09. The summed E-state index contributed by atoms with van der Waals surface area (Å²) in [6.07, 6.45) is 6.04. The zero-order chi connectivity index (χ0) is 18.2. The van der Waals surface area contributed by atoms with Gasteiger partial charge in [0.2, 0.25) is 0 Å². The van der Waals surface area contributed by atoms with Gasteiger partial charge < -0.3 is 19.5 Å². The molecule has 8 heteroatoms. The number of piperazine rings is 1. The minimum absolute atomic E-state index is 0. The number of carbonyl (C=O) groups is 1. The second-order valence-electron chi connectivity index (χ2n) is 6.10. The Bertz CT molecular complexity index is 713. The molecule has 1 aliphatic rings. The monoisotopic (exact) mass is 483 g/mol. The fourth-order valence-corrected chi connectivity index (χ4v) is 2.94. The molecule has 1 fully saturated rings. The highest BCUT2D eigenvalue weighted by Gasteiger charge is 2.25. The lowest BCUT2D eigenvalue weighted by Gasteiger charge is -2.36. The fraction of sp³-hybridized carbons (Fsp3) is 0.421. The van der Waals surface area contributed by atoms with E-state index in [1.165, 1.54) is 11.8 Å². The van der Waals surface area contributed by atoms with Gasteiger partial charge in [0, 0.05) is 51.7 Å². The van der Waals surface area contributed by atoms with E-state index in [0.29, 0.717) is 25.4 Å². The Kier molecular flexibility index (Phi) is 8.56. The quantitative estimate of drug-likeness (QED) is 0.402. The van der Waals surface area contributed by atoms with Crippen LogP contribution in [0.2, 0.25) is 0 Å². The van der Waals surface area contributed by atoms with E-state index >= 15 is 0 Å². The smallest absolute Gasteiger partial charge is 0.289 e. The summed E-state index contributed by atoms with van der Waals surface area (Å²) in [5.41, 5.74) is 1.18. The number of nitrogens with one attached hydrogen (secondary N) is 1. The largest absolute Gasteiger partial charge is 0.459 e. The van der Waals surface area contributed by atoms with Crippen molar-refractivity contribution < 1.29 is 9.21 Å². The summed E-state index contributed by atoms with van der Waals surface area (Å²) in [7, 11) is 0. The molecule has 0 spiro atoms. The molecule has 27 heavy (non-hydrogen) atoms. The van der Waals surface area contributed by atoms with Crippen molar-refractivity contribution in [2.75, 3.05) is 39.3 Å². The minimum atomic E-state index is -0.0480. The van der Waals surface area contributed by atoms with Crippen LogP contribution >= 0.6 is 24.0 Å². The molecule has 0 bridgehead atoms. The number of hydrogen-bond acceptors (Lipinski definition) is 4. The molecule has 0 aliphatic carbocycles. The van der Waals surface area contributed by atoms with Crippen molar-refractivity contribution in [3.05, 3.63) is 54.2 Å². The van der Waals surface area contributed by atoms with Gasteiger partial charge in [-0.1, -0.05) is 6.07 Å². The van der Waals surface area contributed by atoms with E-state index in [1.54, 1.807) is 18.3 Å². The number of rotatable bonds is 5. The molecule has 1 aliphatic heterocycles. The van der Waals surface area contributed by atoms with Gasteiger partial charge in [0.15, 0.2) is 11.7 Å². The molecule has 3 rings (SSSR count). The van der Waals surface area contributed by atoms with Crippen LogP contribution in [0.4, 0.5) is 0 Å². The summed E-state index contributed by atoms with van der Waals surface area (Å²) >= 11 is 0. The first-order chi connectivity index (χ1) is 12.8. The third-order valence-electron chi connectivity index (χ3n) is 4.32. The Morgan fingerprint density at radius 2 is 2.00 bits per heavy atom. The van der Waals surface area contributed by atoms with Crippen LogP contribution in [0.15, 0.2) is 52.3 Å². The number of nitrogens with zero attached hydrogens (tertiary/aromatic N) is 4. The van der Waals surface area contributed by atoms with E-state index in [9.17, 15) is 4.79 Å². The molecule has 146 valence electrons. The lowest BCUT2D eigenvalue weighted by Crippen LogP contribution is -2.53. The van der Waals surface area contributed by atoms with Crippen molar-refractivity contribution in [2.45, 2.75) is 13.3 Å². The molecule has 3 heterocycles. The van der Waals surface area contributed by atoms with Crippen molar-refractivity contribution in [3.8, 4) is 0 Å². The second-order valence-corrected chi connectivity index (χ2v) is 6.10. The summed E-state index contributed by atoms with van der Waals surface area (Å²) in [6, 6.07) is 7.45. The van der Waals surface area contributed by atoms with Gasteiger partial charge in [-0.15, -0.1) is 24.0 Å². The molecule has 2 aromatic heterocycles. The number of aliphatic imine (C=N–C) groups is 1. The van der Waals surface area contributed by atoms with E-state index in [-0.39, 0.29) is 29.9 Å².